The minimum absolute atomic E-state index is 0.0642. The van der Waals surface area contributed by atoms with E-state index in [0.717, 1.165) is 6.08 Å². The molecule has 0 spiro atoms. The van der Waals surface area contributed by atoms with Crippen LogP contribution >= 0.6 is 69.6 Å². The van der Waals surface area contributed by atoms with Gasteiger partial charge in [0.05, 0.1) is 23.3 Å². The van der Waals surface area contributed by atoms with E-state index in [1.807, 2.05) is 0 Å². The van der Waals surface area contributed by atoms with Gasteiger partial charge in [0.15, 0.2) is 5.75 Å². The molecule has 0 fully saturated rings. The Morgan fingerprint density at radius 3 is 2.11 bits per heavy atom. The van der Waals surface area contributed by atoms with Gasteiger partial charge in [-0.2, -0.15) is 8.78 Å². The van der Waals surface area contributed by atoms with E-state index in [4.69, 9.17) is 83.8 Å². The van der Waals surface area contributed by atoms with Gasteiger partial charge in [-0.15, -0.1) is 0 Å². The van der Waals surface area contributed by atoms with Crippen LogP contribution in [0.2, 0.25) is 10.0 Å². The lowest BCUT2D eigenvalue weighted by atomic mass is 10.3. The molecule has 0 atom stereocenters. The fourth-order valence-electron chi connectivity index (χ4n) is 1.77. The number of benzene rings is 1. The normalized spacial score (nSPS) is 12.1. The van der Waals surface area contributed by atoms with Crippen molar-refractivity contribution in [3.8, 4) is 11.5 Å². The van der Waals surface area contributed by atoms with E-state index in [2.05, 4.69) is 0 Å². The molecule has 3 nitrogen and oxygen atoms in total. The second kappa shape index (κ2) is 13.2. The van der Waals surface area contributed by atoms with E-state index in [9.17, 15) is 8.78 Å². The summed E-state index contributed by atoms with van der Waals surface area (Å²) in [4.78, 5) is 0. The average molecular weight is 519 g/mol. The van der Waals surface area contributed by atoms with E-state index >= 15 is 0 Å². The van der Waals surface area contributed by atoms with Gasteiger partial charge in [-0.1, -0.05) is 58.0 Å². The molecule has 0 N–H and O–H groups in total. The predicted molar refractivity (Wildman–Crippen MR) is 112 cm³/mol. The quantitative estimate of drug-likeness (QED) is 0.208. The van der Waals surface area contributed by atoms with Crippen LogP contribution in [0.1, 0.15) is 12.8 Å². The molecule has 0 saturated heterocycles. The summed E-state index contributed by atoms with van der Waals surface area (Å²) in [6.45, 7) is 0.774. The van der Waals surface area contributed by atoms with Crippen LogP contribution < -0.4 is 9.47 Å². The number of alkyl halides is 3. The van der Waals surface area contributed by atoms with Crippen LogP contribution in [0.15, 0.2) is 33.8 Å². The monoisotopic (exact) mass is 516 g/mol. The molecule has 0 aromatic heterocycles. The minimum Gasteiger partial charge on any atom is -0.490 e. The maximum Gasteiger partial charge on any atom is 0.358 e. The van der Waals surface area contributed by atoms with Crippen LogP contribution in [0.25, 0.3) is 0 Å². The van der Waals surface area contributed by atoms with Crippen LogP contribution in [-0.2, 0) is 4.74 Å². The van der Waals surface area contributed by atoms with Crippen molar-refractivity contribution in [3.05, 3.63) is 43.9 Å². The number of hydrogen-bond acceptors (Lipinski definition) is 3. The molecule has 0 bridgehead atoms. The minimum atomic E-state index is -3.58. The van der Waals surface area contributed by atoms with Crippen LogP contribution in [0.3, 0.4) is 0 Å². The summed E-state index contributed by atoms with van der Waals surface area (Å²) in [7, 11) is 0. The summed E-state index contributed by atoms with van der Waals surface area (Å²) in [5.74, 6) is 0.775. The molecule has 0 radical (unpaired) electrons. The van der Waals surface area contributed by atoms with E-state index in [0.29, 0.717) is 47.6 Å². The lowest BCUT2D eigenvalue weighted by Crippen LogP contribution is -2.07. The third-order valence-corrected chi connectivity index (χ3v) is 4.60. The van der Waals surface area contributed by atoms with Crippen LogP contribution in [-0.4, -0.2) is 31.8 Å². The highest BCUT2D eigenvalue weighted by Gasteiger charge is 2.29. The molecule has 0 unspecified atom stereocenters. The molecule has 0 amide bonds. The SMILES string of the molecule is FC(F)(Cl)C(Cl)=CCOCCCCOc1c(Cl)cc(OCC=C(Cl)Cl)cc1Cl. The number of unbranched alkanes of at least 4 members (excludes halogenated alkanes) is 1. The predicted octanol–water partition coefficient (Wildman–Crippen LogP) is 7.82. The number of hydrogen-bond donors (Lipinski definition) is 0. The summed E-state index contributed by atoms with van der Waals surface area (Å²) >= 11 is 33.3. The standard InChI is InChI=1S/C17H16Cl6F2O3/c18-12-9-11(27-8-4-15(21)22)10-13(19)16(12)28-6-2-1-5-26-7-3-14(20)17(23,24)25/h3-4,9-10H,1-2,5-8H2. The van der Waals surface area contributed by atoms with E-state index in [1.165, 1.54) is 6.08 Å². The molecule has 0 aliphatic rings. The van der Waals surface area contributed by atoms with E-state index < -0.39 is 10.4 Å². The van der Waals surface area contributed by atoms with Crippen molar-refractivity contribution in [1.29, 1.82) is 0 Å². The summed E-state index contributed by atoms with van der Waals surface area (Å²) in [6, 6.07) is 3.12. The Morgan fingerprint density at radius 2 is 1.54 bits per heavy atom. The molecule has 1 rings (SSSR count). The maximum absolute atomic E-state index is 12.6. The van der Waals surface area contributed by atoms with Crippen LogP contribution in [0, 0.1) is 0 Å². The Morgan fingerprint density at radius 1 is 0.929 bits per heavy atom. The number of halogens is 8. The van der Waals surface area contributed by atoms with Crippen molar-refractivity contribution in [2.24, 2.45) is 0 Å². The average Bonchev–Trinajstić information content (AvgIpc) is 2.57. The fraction of sp³-hybridized carbons (Fsp3) is 0.412. The highest BCUT2D eigenvalue weighted by atomic mass is 35.5. The molecule has 0 saturated carbocycles. The van der Waals surface area contributed by atoms with Crippen LogP contribution in [0.5, 0.6) is 11.5 Å². The molecular formula is C17H16Cl6F2O3. The first-order valence-electron chi connectivity index (χ1n) is 7.87. The summed E-state index contributed by atoms with van der Waals surface area (Å²) < 4.78 is 41.4. The molecule has 1 aromatic rings. The highest BCUT2D eigenvalue weighted by molar-refractivity contribution is 6.55. The molecule has 0 aliphatic heterocycles. The zero-order valence-electron chi connectivity index (χ0n) is 14.3. The number of rotatable bonds is 12. The molecular weight excluding hydrogens is 503 g/mol. The highest BCUT2D eigenvalue weighted by Crippen LogP contribution is 2.37. The summed E-state index contributed by atoms with van der Waals surface area (Å²) in [6.07, 6.45) is 3.76. The van der Waals surface area contributed by atoms with Crippen molar-refractivity contribution in [3.63, 3.8) is 0 Å². The van der Waals surface area contributed by atoms with Crippen molar-refractivity contribution < 1.29 is 23.0 Å². The first kappa shape index (κ1) is 25.9. The van der Waals surface area contributed by atoms with Crippen molar-refractivity contribution in [1.82, 2.24) is 0 Å². The summed E-state index contributed by atoms with van der Waals surface area (Å²) in [5, 5.41) is -3.76. The van der Waals surface area contributed by atoms with Gasteiger partial charge in [0.1, 0.15) is 21.9 Å². The summed E-state index contributed by atoms with van der Waals surface area (Å²) in [5.41, 5.74) is 0. The van der Waals surface area contributed by atoms with Gasteiger partial charge in [0.2, 0.25) is 0 Å². The van der Waals surface area contributed by atoms with E-state index in [1.54, 1.807) is 12.1 Å². The molecule has 28 heavy (non-hydrogen) atoms. The molecule has 0 heterocycles. The second-order valence-corrected chi connectivity index (χ2v) is 7.91. The van der Waals surface area contributed by atoms with Crippen molar-refractivity contribution in [2.45, 2.75) is 18.2 Å². The molecule has 11 heteroatoms. The lowest BCUT2D eigenvalue weighted by molar-refractivity contribution is 0.136. The first-order chi connectivity index (χ1) is 13.1. The maximum atomic E-state index is 12.6. The van der Waals surface area contributed by atoms with Gasteiger partial charge in [0.25, 0.3) is 0 Å². The zero-order chi connectivity index (χ0) is 21.2. The second-order valence-electron chi connectivity index (χ2n) is 5.20. The topological polar surface area (TPSA) is 27.7 Å². The smallest absolute Gasteiger partial charge is 0.358 e. The third kappa shape index (κ3) is 10.6. The molecule has 1 aromatic carbocycles. The Balaban J connectivity index is 2.33. The van der Waals surface area contributed by atoms with Gasteiger partial charge < -0.3 is 14.2 Å². The molecule has 158 valence electrons. The van der Waals surface area contributed by atoms with Crippen molar-refractivity contribution in [2.75, 3.05) is 26.4 Å². The van der Waals surface area contributed by atoms with Gasteiger partial charge in [-0.05, 0) is 36.6 Å². The van der Waals surface area contributed by atoms with Gasteiger partial charge in [-0.25, -0.2) is 0 Å². The first-order valence-corrected chi connectivity index (χ1v) is 10.1. The Labute approximate surface area is 192 Å². The lowest BCUT2D eigenvalue weighted by Gasteiger charge is -2.12. The fourth-order valence-corrected chi connectivity index (χ4v) is 2.61. The van der Waals surface area contributed by atoms with Crippen LogP contribution in [0.4, 0.5) is 8.78 Å². The van der Waals surface area contributed by atoms with Gasteiger partial charge >= 0.3 is 5.38 Å². The number of allylic oxidation sites excluding steroid dienone is 1. The van der Waals surface area contributed by atoms with Crippen molar-refractivity contribution >= 4 is 69.6 Å². The third-order valence-electron chi connectivity index (χ3n) is 3.04. The number of ether oxygens (including phenoxy) is 3. The molecule has 0 aliphatic carbocycles. The Kier molecular flexibility index (Phi) is 12.2. The zero-order valence-corrected chi connectivity index (χ0v) is 18.8. The largest absolute Gasteiger partial charge is 0.490 e. The Bertz CT molecular complexity index is 665. The van der Waals surface area contributed by atoms with Gasteiger partial charge in [0, 0.05) is 18.7 Å². The van der Waals surface area contributed by atoms with E-state index in [-0.39, 0.29) is 17.7 Å². The van der Waals surface area contributed by atoms with Gasteiger partial charge in [-0.3, -0.25) is 0 Å². The Hall–Kier alpha value is -0.140.